The van der Waals surface area contributed by atoms with E-state index in [-0.39, 0.29) is 11.3 Å². The molecule has 4 N–H and O–H groups in total. The lowest BCUT2D eigenvalue weighted by atomic mass is 10.1. The summed E-state index contributed by atoms with van der Waals surface area (Å²) in [5.74, 6) is -3.08. The number of fused-ring (bicyclic) bond motifs is 1. The van der Waals surface area contributed by atoms with Crippen molar-refractivity contribution in [2.24, 2.45) is 0 Å². The molecule has 0 fully saturated rings. The van der Waals surface area contributed by atoms with Crippen molar-refractivity contribution in [1.29, 1.82) is 0 Å². The number of carbonyl (C=O) groups excluding carboxylic acids is 4. The average molecular weight is 395 g/mol. The summed E-state index contributed by atoms with van der Waals surface area (Å²) >= 11 is 0. The van der Waals surface area contributed by atoms with Gasteiger partial charge in [0.1, 0.15) is 0 Å². The Morgan fingerprint density at radius 3 is 2.62 bits per heavy atom. The highest BCUT2D eigenvalue weighted by atomic mass is 16.5. The molecule has 0 saturated carbocycles. The zero-order valence-electron chi connectivity index (χ0n) is 15.3. The fourth-order valence-corrected chi connectivity index (χ4v) is 2.59. The quantitative estimate of drug-likeness (QED) is 0.376. The van der Waals surface area contributed by atoms with Crippen LogP contribution in [0, 0.1) is 0 Å². The summed E-state index contributed by atoms with van der Waals surface area (Å²) in [5, 5.41) is 7.76. The van der Waals surface area contributed by atoms with Gasteiger partial charge in [0.05, 0.1) is 31.1 Å². The van der Waals surface area contributed by atoms with Crippen LogP contribution in [0.1, 0.15) is 10.4 Å². The first-order valence-corrected chi connectivity index (χ1v) is 8.46. The Morgan fingerprint density at radius 2 is 1.90 bits per heavy atom. The van der Waals surface area contributed by atoms with Gasteiger partial charge in [-0.15, -0.1) is 0 Å². The standard InChI is InChI=1S/C19H17N5O5/c1-29-19(28)14-7-12(8-15-13(14)4-6-21-15)24-18(27)17(26)22-10-16(25)23-11-3-2-5-20-9-11/h2-9,21H,10H2,1H3,(H,22,26)(H,23,25)(H,24,27). The first kappa shape index (κ1) is 19.5. The van der Waals surface area contributed by atoms with Crippen molar-refractivity contribution in [2.75, 3.05) is 24.3 Å². The number of aromatic amines is 1. The number of aromatic nitrogens is 2. The number of pyridine rings is 1. The van der Waals surface area contributed by atoms with Gasteiger partial charge in [-0.05, 0) is 30.3 Å². The minimum absolute atomic E-state index is 0.223. The van der Waals surface area contributed by atoms with E-state index in [1.54, 1.807) is 36.7 Å². The summed E-state index contributed by atoms with van der Waals surface area (Å²) in [4.78, 5) is 54.6. The number of esters is 1. The predicted molar refractivity (Wildman–Crippen MR) is 104 cm³/mol. The van der Waals surface area contributed by atoms with Crippen LogP contribution in [0.25, 0.3) is 10.9 Å². The van der Waals surface area contributed by atoms with Crippen LogP contribution in [0.5, 0.6) is 0 Å². The second-order valence-corrected chi connectivity index (χ2v) is 5.88. The molecule has 0 spiro atoms. The summed E-state index contributed by atoms with van der Waals surface area (Å²) in [6, 6.07) is 7.95. The number of H-pyrrole nitrogens is 1. The van der Waals surface area contributed by atoms with Crippen molar-refractivity contribution in [3.63, 3.8) is 0 Å². The second kappa shape index (κ2) is 8.65. The number of hydrogen-bond donors (Lipinski definition) is 4. The molecule has 0 aliphatic carbocycles. The lowest BCUT2D eigenvalue weighted by molar-refractivity contribution is -0.136. The van der Waals surface area contributed by atoms with Crippen LogP contribution >= 0.6 is 0 Å². The van der Waals surface area contributed by atoms with Crippen molar-refractivity contribution in [1.82, 2.24) is 15.3 Å². The highest BCUT2D eigenvalue weighted by molar-refractivity contribution is 6.40. The molecular formula is C19H17N5O5. The fraction of sp³-hybridized carbons (Fsp3) is 0.105. The molecule has 0 aliphatic heterocycles. The number of nitrogens with zero attached hydrogens (tertiary/aromatic N) is 1. The topological polar surface area (TPSA) is 142 Å². The molecule has 148 valence electrons. The van der Waals surface area contributed by atoms with E-state index in [1.807, 2.05) is 0 Å². The molecule has 3 aromatic rings. The monoisotopic (exact) mass is 395 g/mol. The fourth-order valence-electron chi connectivity index (χ4n) is 2.59. The van der Waals surface area contributed by atoms with E-state index >= 15 is 0 Å². The number of carbonyl (C=O) groups is 4. The van der Waals surface area contributed by atoms with Gasteiger partial charge < -0.3 is 25.7 Å². The molecule has 1 aromatic carbocycles. The van der Waals surface area contributed by atoms with Gasteiger partial charge in [0.15, 0.2) is 0 Å². The Kier molecular flexibility index (Phi) is 5.83. The summed E-state index contributed by atoms with van der Waals surface area (Å²) in [7, 11) is 1.25. The Balaban J connectivity index is 1.61. The molecule has 10 heteroatoms. The highest BCUT2D eigenvalue weighted by Crippen LogP contribution is 2.24. The normalized spacial score (nSPS) is 10.2. The van der Waals surface area contributed by atoms with Gasteiger partial charge in [-0.2, -0.15) is 0 Å². The van der Waals surface area contributed by atoms with E-state index in [0.717, 1.165) is 0 Å². The number of rotatable bonds is 5. The predicted octanol–water partition coefficient (Wildman–Crippen LogP) is 1.04. The molecule has 0 aliphatic rings. The molecule has 2 heterocycles. The zero-order valence-corrected chi connectivity index (χ0v) is 15.3. The van der Waals surface area contributed by atoms with Gasteiger partial charge in [0, 0.05) is 29.0 Å². The van der Waals surface area contributed by atoms with Crippen LogP contribution in [0.4, 0.5) is 11.4 Å². The Labute approximate surface area is 164 Å². The molecular weight excluding hydrogens is 378 g/mol. The van der Waals surface area contributed by atoms with E-state index < -0.39 is 30.2 Å². The van der Waals surface area contributed by atoms with Gasteiger partial charge in [-0.3, -0.25) is 19.4 Å². The van der Waals surface area contributed by atoms with Crippen LogP contribution < -0.4 is 16.0 Å². The van der Waals surface area contributed by atoms with Crippen molar-refractivity contribution in [2.45, 2.75) is 0 Å². The number of methoxy groups -OCH3 is 1. The number of hydrogen-bond acceptors (Lipinski definition) is 6. The minimum atomic E-state index is -1.00. The van der Waals surface area contributed by atoms with E-state index in [2.05, 4.69) is 25.9 Å². The number of ether oxygens (including phenoxy) is 1. The zero-order chi connectivity index (χ0) is 20.8. The van der Waals surface area contributed by atoms with Gasteiger partial charge >= 0.3 is 17.8 Å². The summed E-state index contributed by atoms with van der Waals surface area (Å²) in [5.41, 5.74) is 1.50. The Morgan fingerprint density at radius 1 is 1.07 bits per heavy atom. The van der Waals surface area contributed by atoms with E-state index in [0.29, 0.717) is 16.6 Å². The molecule has 2 aromatic heterocycles. The van der Waals surface area contributed by atoms with E-state index in [1.165, 1.54) is 19.4 Å². The smallest absolute Gasteiger partial charge is 0.338 e. The molecule has 29 heavy (non-hydrogen) atoms. The van der Waals surface area contributed by atoms with E-state index in [4.69, 9.17) is 4.74 Å². The molecule has 0 atom stereocenters. The maximum atomic E-state index is 12.1. The number of nitrogens with one attached hydrogen (secondary N) is 4. The molecule has 0 bridgehead atoms. The number of amides is 3. The molecule has 0 saturated heterocycles. The van der Waals surface area contributed by atoms with Gasteiger partial charge in [0.25, 0.3) is 0 Å². The van der Waals surface area contributed by atoms with Crippen molar-refractivity contribution in [3.8, 4) is 0 Å². The van der Waals surface area contributed by atoms with Crippen LogP contribution in [-0.2, 0) is 19.1 Å². The molecule has 3 amide bonds. The Bertz CT molecular complexity index is 1080. The van der Waals surface area contributed by atoms with Crippen molar-refractivity contribution in [3.05, 3.63) is 54.5 Å². The SMILES string of the molecule is COC(=O)c1cc(NC(=O)C(=O)NCC(=O)Nc2cccnc2)cc2[nH]ccc12. The first-order chi connectivity index (χ1) is 14.0. The lowest BCUT2D eigenvalue weighted by Gasteiger charge is -2.09. The summed E-state index contributed by atoms with van der Waals surface area (Å²) < 4.78 is 4.74. The maximum Gasteiger partial charge on any atom is 0.338 e. The van der Waals surface area contributed by atoms with Gasteiger partial charge in [-0.25, -0.2) is 4.79 Å². The number of anilines is 2. The number of benzene rings is 1. The van der Waals surface area contributed by atoms with Crippen LogP contribution in [0.3, 0.4) is 0 Å². The molecule has 10 nitrogen and oxygen atoms in total. The Hall–Kier alpha value is -4.21. The molecule has 0 radical (unpaired) electrons. The summed E-state index contributed by atoms with van der Waals surface area (Å²) in [6.07, 6.45) is 4.64. The lowest BCUT2D eigenvalue weighted by Crippen LogP contribution is -2.39. The third kappa shape index (κ3) is 4.75. The van der Waals surface area contributed by atoms with Gasteiger partial charge in [-0.1, -0.05) is 0 Å². The van der Waals surface area contributed by atoms with E-state index in [9.17, 15) is 19.2 Å². The maximum absolute atomic E-state index is 12.1. The molecule has 0 unspecified atom stereocenters. The highest BCUT2D eigenvalue weighted by Gasteiger charge is 2.18. The minimum Gasteiger partial charge on any atom is -0.465 e. The van der Waals surface area contributed by atoms with Crippen LogP contribution in [0.15, 0.2) is 48.9 Å². The summed E-state index contributed by atoms with van der Waals surface area (Å²) in [6.45, 7) is -0.399. The van der Waals surface area contributed by atoms with Gasteiger partial charge in [0.2, 0.25) is 5.91 Å². The molecule has 3 rings (SSSR count). The third-order valence-electron chi connectivity index (χ3n) is 3.89. The average Bonchev–Trinajstić information content (AvgIpc) is 3.20. The second-order valence-electron chi connectivity index (χ2n) is 5.88. The van der Waals surface area contributed by atoms with Crippen LogP contribution in [-0.4, -0.2) is 47.3 Å². The first-order valence-electron chi connectivity index (χ1n) is 8.46. The van der Waals surface area contributed by atoms with Crippen molar-refractivity contribution < 1.29 is 23.9 Å². The van der Waals surface area contributed by atoms with Crippen LogP contribution in [0.2, 0.25) is 0 Å². The van der Waals surface area contributed by atoms with Crippen molar-refractivity contribution >= 4 is 46.0 Å². The largest absolute Gasteiger partial charge is 0.465 e. The third-order valence-corrected chi connectivity index (χ3v) is 3.89.